The first-order valence-electron chi connectivity index (χ1n) is 9.77. The minimum absolute atomic E-state index is 0.177. The molecule has 1 heterocycles. The van der Waals surface area contributed by atoms with Crippen LogP contribution in [0, 0.1) is 5.92 Å². The van der Waals surface area contributed by atoms with E-state index >= 15 is 0 Å². The third-order valence-electron chi connectivity index (χ3n) is 5.02. The van der Waals surface area contributed by atoms with E-state index in [4.69, 9.17) is 0 Å². The van der Waals surface area contributed by atoms with Gasteiger partial charge in [-0.05, 0) is 36.5 Å². The summed E-state index contributed by atoms with van der Waals surface area (Å²) in [5.74, 6) is -1.67. The van der Waals surface area contributed by atoms with Crippen LogP contribution in [-0.4, -0.2) is 59.6 Å². The molecule has 0 radical (unpaired) electrons. The monoisotopic (exact) mass is 436 g/mol. The molecule has 0 spiro atoms. The number of carboxylic acids is 1. The molecule has 0 bridgehead atoms. The predicted molar refractivity (Wildman–Crippen MR) is 117 cm³/mol. The molecule has 30 heavy (non-hydrogen) atoms. The van der Waals surface area contributed by atoms with E-state index in [0.29, 0.717) is 23.5 Å². The van der Waals surface area contributed by atoms with Gasteiger partial charge in [0.25, 0.3) is 0 Å². The zero-order valence-electron chi connectivity index (χ0n) is 17.3. The van der Waals surface area contributed by atoms with Gasteiger partial charge in [0.2, 0.25) is 11.8 Å². The molecule has 1 aromatic rings. The lowest BCUT2D eigenvalue weighted by Crippen LogP contribution is -2.57. The molecule has 1 aliphatic rings. The molecular formula is C20H28N4O5S. The van der Waals surface area contributed by atoms with Crippen LogP contribution in [0.3, 0.4) is 0 Å². The highest BCUT2D eigenvalue weighted by Gasteiger charge is 2.33. The number of carbonyl (C=O) groups is 4. The number of amides is 4. The molecule has 1 aromatic carbocycles. The number of fused-ring (bicyclic) bond motifs is 1. The lowest BCUT2D eigenvalue weighted by Gasteiger charge is -2.32. The van der Waals surface area contributed by atoms with E-state index in [9.17, 15) is 24.3 Å². The first-order chi connectivity index (χ1) is 14.3. The minimum Gasteiger partial charge on any atom is -0.480 e. The highest BCUT2D eigenvalue weighted by Crippen LogP contribution is 2.29. The van der Waals surface area contributed by atoms with E-state index in [1.165, 1.54) is 16.7 Å². The molecule has 0 fully saturated rings. The van der Waals surface area contributed by atoms with Crippen LogP contribution in [0.5, 0.6) is 0 Å². The Morgan fingerprint density at radius 2 is 1.97 bits per heavy atom. The maximum absolute atomic E-state index is 13.0. The summed E-state index contributed by atoms with van der Waals surface area (Å²) in [7, 11) is 0. The number of carbonyl (C=O) groups excluding carboxylic acids is 3. The molecule has 0 saturated carbocycles. The molecule has 10 heteroatoms. The quantitative estimate of drug-likeness (QED) is 0.468. The number of aliphatic carboxylic acids is 1. The van der Waals surface area contributed by atoms with Gasteiger partial charge < -0.3 is 21.1 Å². The lowest BCUT2D eigenvalue weighted by molar-refractivity contribution is -0.142. The number of hydrogen-bond donors (Lipinski definition) is 4. The van der Waals surface area contributed by atoms with Gasteiger partial charge in [-0.3, -0.25) is 14.5 Å². The maximum atomic E-state index is 13.0. The standard InChI is InChI=1S/C20H28N4O5S/c1-4-12(2)17(18(26)22-14(19(27)28)9-10-30-3)23-20(29)24-11-16(25)21-13-7-5-6-8-15(13)24/h5-8,12,14,17H,4,9-11H2,1-3H3,(H,21,25)(H,22,26)(H,23,29)(H,27,28)/t12?,14-,17+/m1/s1. The van der Waals surface area contributed by atoms with Crippen molar-refractivity contribution in [3.63, 3.8) is 0 Å². The topological polar surface area (TPSA) is 128 Å². The van der Waals surface area contributed by atoms with Crippen LogP contribution >= 0.6 is 11.8 Å². The van der Waals surface area contributed by atoms with Gasteiger partial charge in [0.15, 0.2) is 0 Å². The summed E-state index contributed by atoms with van der Waals surface area (Å²) in [5.41, 5.74) is 1.04. The van der Waals surface area contributed by atoms with Gasteiger partial charge in [0.05, 0.1) is 11.4 Å². The molecule has 1 unspecified atom stereocenters. The predicted octanol–water partition coefficient (Wildman–Crippen LogP) is 1.89. The number of nitrogens with zero attached hydrogens (tertiary/aromatic N) is 1. The van der Waals surface area contributed by atoms with E-state index in [0.717, 1.165) is 0 Å². The number of benzene rings is 1. The first kappa shape index (κ1) is 23.5. The van der Waals surface area contributed by atoms with Crippen LogP contribution in [0.15, 0.2) is 24.3 Å². The molecule has 3 atom stereocenters. The van der Waals surface area contributed by atoms with Crippen LogP contribution < -0.4 is 20.9 Å². The van der Waals surface area contributed by atoms with Crippen molar-refractivity contribution in [3.8, 4) is 0 Å². The molecule has 0 aromatic heterocycles. The molecule has 2 rings (SSSR count). The van der Waals surface area contributed by atoms with Crippen molar-refractivity contribution in [1.29, 1.82) is 0 Å². The third-order valence-corrected chi connectivity index (χ3v) is 5.66. The summed E-state index contributed by atoms with van der Waals surface area (Å²) in [6.45, 7) is 3.51. The van der Waals surface area contributed by atoms with E-state index in [-0.39, 0.29) is 24.8 Å². The third kappa shape index (κ3) is 5.88. The van der Waals surface area contributed by atoms with Crippen LogP contribution in [0.25, 0.3) is 0 Å². The first-order valence-corrected chi connectivity index (χ1v) is 11.2. The van der Waals surface area contributed by atoms with Gasteiger partial charge in [0, 0.05) is 0 Å². The Kier molecular flexibility index (Phi) is 8.52. The second kappa shape index (κ2) is 10.9. The summed E-state index contributed by atoms with van der Waals surface area (Å²) in [6, 6.07) is 4.33. The van der Waals surface area contributed by atoms with Crippen molar-refractivity contribution in [2.75, 3.05) is 28.8 Å². The summed E-state index contributed by atoms with van der Waals surface area (Å²) >= 11 is 1.49. The largest absolute Gasteiger partial charge is 0.480 e. The van der Waals surface area contributed by atoms with E-state index in [1.807, 2.05) is 13.2 Å². The second-order valence-electron chi connectivity index (χ2n) is 7.15. The Hall–Kier alpha value is -2.75. The van der Waals surface area contributed by atoms with Crippen molar-refractivity contribution >= 4 is 47.0 Å². The van der Waals surface area contributed by atoms with Gasteiger partial charge in [-0.1, -0.05) is 32.4 Å². The summed E-state index contributed by atoms with van der Waals surface area (Å²) in [6.07, 6.45) is 2.73. The van der Waals surface area contributed by atoms with Gasteiger partial charge in [-0.2, -0.15) is 11.8 Å². The molecule has 164 valence electrons. The molecule has 4 N–H and O–H groups in total. The number of carboxylic acid groups (broad SMARTS) is 1. The van der Waals surface area contributed by atoms with Crippen molar-refractivity contribution in [3.05, 3.63) is 24.3 Å². The van der Waals surface area contributed by atoms with Crippen LogP contribution in [0.1, 0.15) is 26.7 Å². The average Bonchev–Trinajstić information content (AvgIpc) is 2.73. The number of hydrogen-bond acceptors (Lipinski definition) is 5. The highest BCUT2D eigenvalue weighted by molar-refractivity contribution is 7.98. The SMILES string of the molecule is CCC(C)[C@H](NC(=O)N1CC(=O)Nc2ccccc21)C(=O)N[C@H](CCSC)C(=O)O. The van der Waals surface area contributed by atoms with Gasteiger partial charge in [-0.25, -0.2) is 9.59 Å². The summed E-state index contributed by atoms with van der Waals surface area (Å²) in [5, 5.41) is 17.3. The zero-order valence-corrected chi connectivity index (χ0v) is 18.1. The van der Waals surface area contributed by atoms with Crippen molar-refractivity contribution in [2.45, 2.75) is 38.8 Å². The normalized spacial score (nSPS) is 16.0. The Morgan fingerprint density at radius 3 is 2.60 bits per heavy atom. The molecule has 4 amide bonds. The fourth-order valence-electron chi connectivity index (χ4n) is 3.08. The number of rotatable bonds is 9. The fraction of sp³-hybridized carbons (Fsp3) is 0.500. The molecule has 1 aliphatic heterocycles. The zero-order chi connectivity index (χ0) is 22.3. The fourth-order valence-corrected chi connectivity index (χ4v) is 3.55. The average molecular weight is 437 g/mol. The molecular weight excluding hydrogens is 408 g/mol. The number of thioether (sulfide) groups is 1. The number of para-hydroxylation sites is 2. The number of nitrogens with one attached hydrogen (secondary N) is 3. The van der Waals surface area contributed by atoms with E-state index in [2.05, 4.69) is 16.0 Å². The van der Waals surface area contributed by atoms with Crippen LogP contribution in [0.2, 0.25) is 0 Å². The molecule has 0 saturated heterocycles. The smallest absolute Gasteiger partial charge is 0.326 e. The van der Waals surface area contributed by atoms with Crippen molar-refractivity contribution < 1.29 is 24.3 Å². The van der Waals surface area contributed by atoms with Gasteiger partial charge >= 0.3 is 12.0 Å². The Balaban J connectivity index is 2.18. The second-order valence-corrected chi connectivity index (χ2v) is 8.13. The van der Waals surface area contributed by atoms with E-state index in [1.54, 1.807) is 31.2 Å². The highest BCUT2D eigenvalue weighted by atomic mass is 32.2. The van der Waals surface area contributed by atoms with Crippen LogP contribution in [0.4, 0.5) is 16.2 Å². The van der Waals surface area contributed by atoms with Crippen molar-refractivity contribution in [2.24, 2.45) is 5.92 Å². The Labute approximate surface area is 180 Å². The minimum atomic E-state index is -1.12. The molecule has 0 aliphatic carbocycles. The van der Waals surface area contributed by atoms with Crippen LogP contribution in [-0.2, 0) is 14.4 Å². The van der Waals surface area contributed by atoms with Crippen molar-refractivity contribution in [1.82, 2.24) is 10.6 Å². The maximum Gasteiger partial charge on any atom is 0.326 e. The molecule has 9 nitrogen and oxygen atoms in total. The summed E-state index contributed by atoms with van der Waals surface area (Å²) < 4.78 is 0. The van der Waals surface area contributed by atoms with Gasteiger partial charge in [0.1, 0.15) is 18.6 Å². The Bertz CT molecular complexity index is 803. The van der Waals surface area contributed by atoms with E-state index < -0.39 is 30.0 Å². The van der Waals surface area contributed by atoms with Gasteiger partial charge in [-0.15, -0.1) is 0 Å². The number of anilines is 2. The Morgan fingerprint density at radius 1 is 1.27 bits per heavy atom. The lowest BCUT2D eigenvalue weighted by atomic mass is 9.98. The number of urea groups is 1. The summed E-state index contributed by atoms with van der Waals surface area (Å²) in [4.78, 5) is 50.6.